The zero-order valence-electron chi connectivity index (χ0n) is 13.9. The third-order valence-corrected chi connectivity index (χ3v) is 5.51. The first-order valence-electron chi connectivity index (χ1n) is 7.99. The van der Waals surface area contributed by atoms with E-state index in [1.165, 1.54) is 22.5 Å². The lowest BCUT2D eigenvalue weighted by Gasteiger charge is -2.41. The van der Waals surface area contributed by atoms with Gasteiger partial charge in [-0.25, -0.2) is 0 Å². The molecule has 0 spiro atoms. The number of carbonyl (C=O) groups is 1. The molecule has 0 amide bonds. The molecule has 0 aliphatic carbocycles. The summed E-state index contributed by atoms with van der Waals surface area (Å²) in [4.78, 5) is 14.7. The highest BCUT2D eigenvalue weighted by molar-refractivity contribution is 7.12. The molecule has 3 nitrogen and oxygen atoms in total. The molecule has 122 valence electrons. The molecular formula is C18H27NO2S. The van der Waals surface area contributed by atoms with Crippen molar-refractivity contribution in [3.05, 3.63) is 33.5 Å². The molecule has 0 unspecified atom stereocenters. The number of carbonyl (C=O) groups excluding carboxylic acids is 1. The average molecular weight is 321 g/mol. The molecule has 0 aromatic carbocycles. The Kier molecular flexibility index (Phi) is 5.95. The molecule has 0 saturated carbocycles. The lowest BCUT2D eigenvalue weighted by molar-refractivity contribution is 0.0308. The first-order chi connectivity index (χ1) is 10.4. The van der Waals surface area contributed by atoms with Gasteiger partial charge in [-0.2, -0.15) is 0 Å². The van der Waals surface area contributed by atoms with Crippen LogP contribution in [-0.4, -0.2) is 35.5 Å². The number of allylic oxidation sites excluding steroid dienone is 2. The average Bonchev–Trinajstić information content (AvgIpc) is 2.94. The SMILES string of the molecule is CC(=O)c1cc(CN2CCC[C@](CO)(CC=C(C)C)C2)cs1. The Bertz CT molecular complexity index is 545. The van der Waals surface area contributed by atoms with Gasteiger partial charge in [0.15, 0.2) is 5.78 Å². The fourth-order valence-electron chi connectivity index (χ4n) is 3.13. The van der Waals surface area contributed by atoms with Gasteiger partial charge in [0.2, 0.25) is 0 Å². The standard InChI is InChI=1S/C18H27NO2S/c1-14(2)5-7-18(13-20)6-4-8-19(12-18)10-16-9-17(15(3)21)22-11-16/h5,9,11,20H,4,6-8,10,12-13H2,1-3H3/t18-/m0/s1. The smallest absolute Gasteiger partial charge is 0.169 e. The van der Waals surface area contributed by atoms with Crippen LogP contribution in [0, 0.1) is 5.41 Å². The van der Waals surface area contributed by atoms with E-state index in [1.54, 1.807) is 6.92 Å². The van der Waals surface area contributed by atoms with Crippen LogP contribution in [0.4, 0.5) is 0 Å². The number of ketones is 1. The fourth-order valence-corrected chi connectivity index (χ4v) is 3.93. The van der Waals surface area contributed by atoms with E-state index in [4.69, 9.17) is 0 Å². The number of piperidine rings is 1. The van der Waals surface area contributed by atoms with Crippen molar-refractivity contribution in [2.75, 3.05) is 19.7 Å². The Morgan fingerprint density at radius 3 is 2.82 bits per heavy atom. The minimum Gasteiger partial charge on any atom is -0.396 e. The van der Waals surface area contributed by atoms with Gasteiger partial charge in [0.25, 0.3) is 0 Å². The minimum absolute atomic E-state index is 0.00501. The van der Waals surface area contributed by atoms with E-state index in [1.807, 2.05) is 6.07 Å². The lowest BCUT2D eigenvalue weighted by Crippen LogP contribution is -2.44. The van der Waals surface area contributed by atoms with Gasteiger partial charge in [-0.1, -0.05) is 11.6 Å². The lowest BCUT2D eigenvalue weighted by atomic mass is 9.77. The summed E-state index contributed by atoms with van der Waals surface area (Å²) in [6.45, 7) is 8.96. The van der Waals surface area contributed by atoms with Gasteiger partial charge in [0, 0.05) is 18.5 Å². The number of thiophene rings is 1. The Labute approximate surface area is 137 Å². The highest BCUT2D eigenvalue weighted by Crippen LogP contribution is 2.34. The summed E-state index contributed by atoms with van der Waals surface area (Å²) in [5, 5.41) is 12.0. The van der Waals surface area contributed by atoms with E-state index in [0.717, 1.165) is 43.8 Å². The molecule has 1 saturated heterocycles. The normalized spacial score (nSPS) is 22.5. The summed E-state index contributed by atoms with van der Waals surface area (Å²) in [6.07, 6.45) is 5.41. The third kappa shape index (κ3) is 4.51. The molecule has 0 bridgehead atoms. The van der Waals surface area contributed by atoms with Crippen molar-refractivity contribution in [1.82, 2.24) is 4.90 Å². The van der Waals surface area contributed by atoms with Crippen LogP contribution in [0.15, 0.2) is 23.1 Å². The van der Waals surface area contributed by atoms with Crippen LogP contribution in [0.25, 0.3) is 0 Å². The summed E-state index contributed by atoms with van der Waals surface area (Å²) < 4.78 is 0. The molecule has 1 fully saturated rings. The molecule has 0 radical (unpaired) electrons. The molecule has 2 rings (SSSR count). The first kappa shape index (κ1) is 17.4. The Morgan fingerprint density at radius 1 is 1.45 bits per heavy atom. The van der Waals surface area contributed by atoms with Crippen molar-refractivity contribution >= 4 is 17.1 Å². The van der Waals surface area contributed by atoms with Gasteiger partial charge in [0.05, 0.1) is 11.5 Å². The molecule has 1 N–H and O–H groups in total. The number of hydrogen-bond donors (Lipinski definition) is 1. The van der Waals surface area contributed by atoms with Crippen LogP contribution in [0.5, 0.6) is 0 Å². The van der Waals surface area contributed by atoms with E-state index in [0.29, 0.717) is 0 Å². The molecule has 1 aromatic heterocycles. The van der Waals surface area contributed by atoms with E-state index in [2.05, 4.69) is 30.2 Å². The van der Waals surface area contributed by atoms with E-state index < -0.39 is 0 Å². The topological polar surface area (TPSA) is 40.5 Å². The van der Waals surface area contributed by atoms with Crippen LogP contribution >= 0.6 is 11.3 Å². The van der Waals surface area contributed by atoms with E-state index >= 15 is 0 Å². The van der Waals surface area contributed by atoms with Gasteiger partial charge < -0.3 is 5.11 Å². The zero-order chi connectivity index (χ0) is 16.2. The molecule has 4 heteroatoms. The highest BCUT2D eigenvalue weighted by Gasteiger charge is 2.34. The van der Waals surface area contributed by atoms with Crippen molar-refractivity contribution in [1.29, 1.82) is 0 Å². The van der Waals surface area contributed by atoms with Crippen molar-refractivity contribution in [2.24, 2.45) is 5.41 Å². The molecule has 22 heavy (non-hydrogen) atoms. The highest BCUT2D eigenvalue weighted by atomic mass is 32.1. The quantitative estimate of drug-likeness (QED) is 0.638. The van der Waals surface area contributed by atoms with Crippen LogP contribution in [-0.2, 0) is 6.54 Å². The van der Waals surface area contributed by atoms with E-state index in [-0.39, 0.29) is 17.8 Å². The second kappa shape index (κ2) is 7.53. The Hall–Kier alpha value is -0.970. The van der Waals surface area contributed by atoms with Crippen molar-refractivity contribution < 1.29 is 9.90 Å². The van der Waals surface area contributed by atoms with Crippen molar-refractivity contribution in [3.63, 3.8) is 0 Å². The van der Waals surface area contributed by atoms with Gasteiger partial charge >= 0.3 is 0 Å². The predicted octanol–water partition coefficient (Wildman–Crippen LogP) is 3.88. The van der Waals surface area contributed by atoms with Crippen molar-refractivity contribution in [2.45, 2.75) is 46.6 Å². The van der Waals surface area contributed by atoms with Gasteiger partial charge in [-0.3, -0.25) is 9.69 Å². The Balaban J connectivity index is 2.02. The summed E-state index contributed by atoms with van der Waals surface area (Å²) >= 11 is 1.53. The maximum absolute atomic E-state index is 11.4. The number of likely N-dealkylation sites (tertiary alicyclic amines) is 1. The number of aliphatic hydroxyl groups is 1. The fraction of sp³-hybridized carbons (Fsp3) is 0.611. The largest absolute Gasteiger partial charge is 0.396 e. The summed E-state index contributed by atoms with van der Waals surface area (Å²) in [5.74, 6) is 0.142. The van der Waals surface area contributed by atoms with Gasteiger partial charge in [-0.05, 0) is 63.6 Å². The van der Waals surface area contributed by atoms with E-state index in [9.17, 15) is 9.90 Å². The van der Waals surface area contributed by atoms with Crippen LogP contribution < -0.4 is 0 Å². The maximum Gasteiger partial charge on any atom is 0.169 e. The zero-order valence-corrected chi connectivity index (χ0v) is 14.7. The molecule has 2 heterocycles. The summed E-state index contributed by atoms with van der Waals surface area (Å²) in [6, 6.07) is 2.01. The number of Topliss-reactive ketones (excluding diaryl/α,β-unsaturated/α-hetero) is 1. The second-order valence-corrected chi connectivity index (χ2v) is 7.74. The predicted molar refractivity (Wildman–Crippen MR) is 92.4 cm³/mol. The Morgan fingerprint density at radius 2 is 2.23 bits per heavy atom. The summed E-state index contributed by atoms with van der Waals surface area (Å²) in [5.41, 5.74) is 2.52. The number of aliphatic hydroxyl groups excluding tert-OH is 1. The maximum atomic E-state index is 11.4. The monoisotopic (exact) mass is 321 g/mol. The van der Waals surface area contributed by atoms with Gasteiger partial charge in [0.1, 0.15) is 0 Å². The molecule has 1 aliphatic rings. The first-order valence-corrected chi connectivity index (χ1v) is 8.87. The second-order valence-electron chi connectivity index (χ2n) is 6.83. The third-order valence-electron chi connectivity index (χ3n) is 4.43. The minimum atomic E-state index is -0.00501. The van der Waals surface area contributed by atoms with Crippen molar-refractivity contribution in [3.8, 4) is 0 Å². The van der Waals surface area contributed by atoms with Crippen LogP contribution in [0.2, 0.25) is 0 Å². The van der Waals surface area contributed by atoms with Crippen LogP contribution in [0.1, 0.15) is 55.3 Å². The molecule has 1 atom stereocenters. The number of hydrogen-bond acceptors (Lipinski definition) is 4. The van der Waals surface area contributed by atoms with Crippen LogP contribution in [0.3, 0.4) is 0 Å². The number of nitrogens with zero attached hydrogens (tertiary/aromatic N) is 1. The molecule has 1 aliphatic heterocycles. The number of rotatable bonds is 6. The summed E-state index contributed by atoms with van der Waals surface area (Å²) in [7, 11) is 0. The molecular weight excluding hydrogens is 294 g/mol. The van der Waals surface area contributed by atoms with Gasteiger partial charge in [-0.15, -0.1) is 11.3 Å². The molecule has 1 aromatic rings.